The topological polar surface area (TPSA) is 32.3 Å². The number of nitrogens with zero attached hydrogens (tertiary/aromatic N) is 1. The van der Waals surface area contributed by atoms with Gasteiger partial charge >= 0.3 is 0 Å². The summed E-state index contributed by atoms with van der Waals surface area (Å²) in [6.45, 7) is 6.77. The van der Waals surface area contributed by atoms with E-state index in [-0.39, 0.29) is 11.4 Å². The van der Waals surface area contributed by atoms with Crippen LogP contribution in [0.4, 0.5) is 0 Å². The van der Waals surface area contributed by atoms with Crippen molar-refractivity contribution in [1.82, 2.24) is 10.2 Å². The fraction of sp³-hybridized carbons (Fsp3) is 0.389. The summed E-state index contributed by atoms with van der Waals surface area (Å²) in [6, 6.07) is 14.5. The molecular formula is C18H22N2O. The molecule has 2 aromatic carbocycles. The molecule has 1 fully saturated rings. The Morgan fingerprint density at radius 2 is 1.95 bits per heavy atom. The molecule has 0 aliphatic carbocycles. The van der Waals surface area contributed by atoms with Gasteiger partial charge in [0.1, 0.15) is 0 Å². The third kappa shape index (κ3) is 2.79. The molecule has 3 rings (SSSR count). The van der Waals surface area contributed by atoms with Gasteiger partial charge in [0.05, 0.1) is 6.42 Å². The molecule has 3 nitrogen and oxygen atoms in total. The Labute approximate surface area is 125 Å². The van der Waals surface area contributed by atoms with Crippen LogP contribution in [0.5, 0.6) is 0 Å². The molecule has 0 unspecified atom stereocenters. The predicted octanol–water partition coefficient (Wildman–Crippen LogP) is 2.59. The molecule has 21 heavy (non-hydrogen) atoms. The van der Waals surface area contributed by atoms with Gasteiger partial charge in [-0.25, -0.2) is 0 Å². The largest absolute Gasteiger partial charge is 0.335 e. The molecule has 110 valence electrons. The molecule has 0 atom stereocenters. The maximum atomic E-state index is 12.7. The van der Waals surface area contributed by atoms with Crippen molar-refractivity contribution in [2.75, 3.05) is 19.6 Å². The lowest BCUT2D eigenvalue weighted by Crippen LogP contribution is -2.60. The smallest absolute Gasteiger partial charge is 0.227 e. The summed E-state index contributed by atoms with van der Waals surface area (Å²) in [5, 5.41) is 5.74. The fourth-order valence-corrected chi connectivity index (χ4v) is 3.15. The van der Waals surface area contributed by atoms with Crippen molar-refractivity contribution in [3.63, 3.8) is 0 Å². The Kier molecular flexibility index (Phi) is 3.68. The summed E-state index contributed by atoms with van der Waals surface area (Å²) in [4.78, 5) is 14.7. The number of piperazine rings is 1. The molecule has 3 heteroatoms. The van der Waals surface area contributed by atoms with Crippen molar-refractivity contribution in [2.45, 2.75) is 25.8 Å². The normalized spacial score (nSPS) is 17.9. The van der Waals surface area contributed by atoms with Crippen LogP contribution in [0.2, 0.25) is 0 Å². The highest BCUT2D eigenvalue weighted by molar-refractivity contribution is 5.90. The predicted molar refractivity (Wildman–Crippen MR) is 86.3 cm³/mol. The third-order valence-corrected chi connectivity index (χ3v) is 4.32. The van der Waals surface area contributed by atoms with E-state index >= 15 is 0 Å². The van der Waals surface area contributed by atoms with Gasteiger partial charge in [0.15, 0.2) is 0 Å². The number of hydrogen-bond acceptors (Lipinski definition) is 2. The van der Waals surface area contributed by atoms with E-state index in [0.717, 1.165) is 25.2 Å². The van der Waals surface area contributed by atoms with Gasteiger partial charge in [-0.1, -0.05) is 42.5 Å². The van der Waals surface area contributed by atoms with Gasteiger partial charge in [0, 0.05) is 25.2 Å². The molecule has 0 saturated carbocycles. The zero-order valence-electron chi connectivity index (χ0n) is 12.7. The van der Waals surface area contributed by atoms with Crippen LogP contribution in [-0.4, -0.2) is 36.0 Å². The molecule has 0 spiro atoms. The van der Waals surface area contributed by atoms with Crippen molar-refractivity contribution in [2.24, 2.45) is 0 Å². The highest BCUT2D eigenvalue weighted by atomic mass is 16.2. The van der Waals surface area contributed by atoms with Gasteiger partial charge in [-0.15, -0.1) is 0 Å². The minimum atomic E-state index is -0.111. The van der Waals surface area contributed by atoms with Crippen molar-refractivity contribution in [3.8, 4) is 0 Å². The zero-order valence-corrected chi connectivity index (χ0v) is 12.7. The van der Waals surface area contributed by atoms with Crippen LogP contribution in [0, 0.1) is 0 Å². The summed E-state index contributed by atoms with van der Waals surface area (Å²) in [6.07, 6.45) is 0.477. The molecule has 0 radical (unpaired) electrons. The molecule has 1 N–H and O–H groups in total. The molecule has 2 aromatic rings. The first-order valence-corrected chi connectivity index (χ1v) is 7.56. The van der Waals surface area contributed by atoms with E-state index < -0.39 is 0 Å². The zero-order chi connectivity index (χ0) is 14.9. The standard InChI is InChI=1S/C18H22N2O/c1-18(2)13-19-10-11-20(18)17(21)12-15-8-5-7-14-6-3-4-9-16(14)15/h3-9,19H,10-13H2,1-2H3. The summed E-state index contributed by atoms with van der Waals surface area (Å²) in [7, 11) is 0. The minimum absolute atomic E-state index is 0.111. The average molecular weight is 282 g/mol. The maximum absolute atomic E-state index is 12.7. The number of nitrogens with one attached hydrogen (secondary N) is 1. The number of carbonyl (C=O) groups is 1. The van der Waals surface area contributed by atoms with E-state index in [0.29, 0.717) is 6.42 Å². The van der Waals surface area contributed by atoms with Gasteiger partial charge in [-0.2, -0.15) is 0 Å². The van der Waals surface area contributed by atoms with Crippen LogP contribution in [0.25, 0.3) is 10.8 Å². The second-order valence-corrected chi connectivity index (χ2v) is 6.35. The molecule has 0 aromatic heterocycles. The Balaban J connectivity index is 1.86. The molecule has 1 saturated heterocycles. The molecular weight excluding hydrogens is 260 g/mol. The van der Waals surface area contributed by atoms with E-state index in [1.54, 1.807) is 0 Å². The van der Waals surface area contributed by atoms with E-state index in [9.17, 15) is 4.79 Å². The fourth-order valence-electron chi connectivity index (χ4n) is 3.15. The number of amides is 1. The second kappa shape index (κ2) is 5.49. The van der Waals surface area contributed by atoms with Gasteiger partial charge in [0.2, 0.25) is 5.91 Å². The highest BCUT2D eigenvalue weighted by Gasteiger charge is 2.32. The number of carbonyl (C=O) groups excluding carboxylic acids is 1. The second-order valence-electron chi connectivity index (χ2n) is 6.35. The molecule has 1 aliphatic heterocycles. The number of rotatable bonds is 2. The van der Waals surface area contributed by atoms with Gasteiger partial charge in [-0.3, -0.25) is 4.79 Å². The Hall–Kier alpha value is -1.87. The summed E-state index contributed by atoms with van der Waals surface area (Å²) in [5.74, 6) is 0.220. The van der Waals surface area contributed by atoms with Crippen LogP contribution in [0.1, 0.15) is 19.4 Å². The van der Waals surface area contributed by atoms with Crippen LogP contribution < -0.4 is 5.32 Å². The number of fused-ring (bicyclic) bond motifs is 1. The lowest BCUT2D eigenvalue weighted by atomic mass is 9.97. The van der Waals surface area contributed by atoms with E-state index in [1.807, 2.05) is 23.1 Å². The van der Waals surface area contributed by atoms with Crippen molar-refractivity contribution in [3.05, 3.63) is 48.0 Å². The molecule has 1 aliphatic rings. The Morgan fingerprint density at radius 1 is 1.19 bits per heavy atom. The lowest BCUT2D eigenvalue weighted by Gasteiger charge is -2.43. The monoisotopic (exact) mass is 282 g/mol. The van der Waals surface area contributed by atoms with Crippen molar-refractivity contribution < 1.29 is 4.79 Å². The van der Waals surface area contributed by atoms with Gasteiger partial charge in [0.25, 0.3) is 0 Å². The summed E-state index contributed by atoms with van der Waals surface area (Å²) in [5.41, 5.74) is 1.01. The molecule has 0 bridgehead atoms. The van der Waals surface area contributed by atoms with Crippen LogP contribution in [0.15, 0.2) is 42.5 Å². The van der Waals surface area contributed by atoms with Gasteiger partial charge < -0.3 is 10.2 Å². The maximum Gasteiger partial charge on any atom is 0.227 e. The number of benzene rings is 2. The average Bonchev–Trinajstić information content (AvgIpc) is 2.47. The first-order valence-electron chi connectivity index (χ1n) is 7.56. The van der Waals surface area contributed by atoms with Gasteiger partial charge in [-0.05, 0) is 30.2 Å². The third-order valence-electron chi connectivity index (χ3n) is 4.32. The Bertz CT molecular complexity index is 658. The van der Waals surface area contributed by atoms with Crippen LogP contribution >= 0.6 is 0 Å². The first-order chi connectivity index (χ1) is 10.1. The Morgan fingerprint density at radius 3 is 2.76 bits per heavy atom. The molecule has 1 heterocycles. The summed E-state index contributed by atoms with van der Waals surface area (Å²) < 4.78 is 0. The summed E-state index contributed by atoms with van der Waals surface area (Å²) >= 11 is 0. The van der Waals surface area contributed by atoms with E-state index in [4.69, 9.17) is 0 Å². The van der Waals surface area contributed by atoms with Crippen molar-refractivity contribution in [1.29, 1.82) is 0 Å². The van der Waals surface area contributed by atoms with E-state index in [1.165, 1.54) is 10.8 Å². The first kappa shape index (κ1) is 14.1. The van der Waals surface area contributed by atoms with E-state index in [2.05, 4.69) is 43.4 Å². The highest BCUT2D eigenvalue weighted by Crippen LogP contribution is 2.22. The lowest BCUT2D eigenvalue weighted by molar-refractivity contribution is -0.136. The van der Waals surface area contributed by atoms with Crippen LogP contribution in [0.3, 0.4) is 0 Å². The number of hydrogen-bond donors (Lipinski definition) is 1. The van der Waals surface area contributed by atoms with Crippen LogP contribution in [-0.2, 0) is 11.2 Å². The minimum Gasteiger partial charge on any atom is -0.335 e. The van der Waals surface area contributed by atoms with Crippen molar-refractivity contribution >= 4 is 16.7 Å². The molecule has 1 amide bonds. The SMILES string of the molecule is CC1(C)CNCCN1C(=O)Cc1cccc2ccccc12. The quantitative estimate of drug-likeness (QED) is 0.918.